The molecule has 6 heteroatoms. The van der Waals surface area contributed by atoms with Crippen LogP contribution in [0.5, 0.6) is 0 Å². The maximum absolute atomic E-state index is 6.12. The van der Waals surface area contributed by atoms with Crippen molar-refractivity contribution in [2.24, 2.45) is 0 Å². The molecule has 2 heterocycles. The van der Waals surface area contributed by atoms with Gasteiger partial charge in [-0.2, -0.15) is 0 Å². The number of nitrogens with one attached hydrogen (secondary N) is 2. The zero-order valence-corrected chi connectivity index (χ0v) is 12.9. The van der Waals surface area contributed by atoms with Crippen LogP contribution in [-0.4, -0.2) is 9.97 Å². The van der Waals surface area contributed by atoms with E-state index in [1.54, 1.807) is 24.5 Å². The second-order valence-corrected chi connectivity index (χ2v) is 5.31. The topological polar surface area (TPSA) is 49.8 Å². The fourth-order valence-corrected chi connectivity index (χ4v) is 2.23. The third-order valence-electron chi connectivity index (χ3n) is 2.92. The summed E-state index contributed by atoms with van der Waals surface area (Å²) >= 11 is 12.2. The molecule has 0 spiro atoms. The van der Waals surface area contributed by atoms with Gasteiger partial charge in [-0.3, -0.25) is 0 Å². The van der Waals surface area contributed by atoms with Crippen molar-refractivity contribution in [3.63, 3.8) is 0 Å². The van der Waals surface area contributed by atoms with Crippen LogP contribution in [0.1, 0.15) is 0 Å². The fourth-order valence-electron chi connectivity index (χ4n) is 1.90. The SMILES string of the molecule is Clc1cc(Nc2ccccn2)c(Nc2ccccn2)cc1Cl. The van der Waals surface area contributed by atoms with Gasteiger partial charge in [0.1, 0.15) is 11.6 Å². The highest BCUT2D eigenvalue weighted by Gasteiger charge is 2.09. The van der Waals surface area contributed by atoms with Gasteiger partial charge in [0.2, 0.25) is 0 Å². The lowest BCUT2D eigenvalue weighted by Crippen LogP contribution is -2.00. The third-order valence-corrected chi connectivity index (χ3v) is 3.64. The summed E-state index contributed by atoms with van der Waals surface area (Å²) < 4.78 is 0. The lowest BCUT2D eigenvalue weighted by Gasteiger charge is -2.14. The quantitative estimate of drug-likeness (QED) is 0.684. The predicted octanol–water partition coefficient (Wildman–Crippen LogP) is 5.27. The zero-order valence-electron chi connectivity index (χ0n) is 11.4. The maximum atomic E-state index is 6.12. The van der Waals surface area contributed by atoms with Crippen molar-refractivity contribution in [2.75, 3.05) is 10.6 Å². The van der Waals surface area contributed by atoms with Gasteiger partial charge in [0.25, 0.3) is 0 Å². The molecule has 0 amide bonds. The normalized spacial score (nSPS) is 10.3. The van der Waals surface area contributed by atoms with Crippen LogP contribution >= 0.6 is 23.2 Å². The average Bonchev–Trinajstić information content (AvgIpc) is 2.54. The predicted molar refractivity (Wildman–Crippen MR) is 91.5 cm³/mol. The molecule has 3 rings (SSSR count). The molecule has 0 fully saturated rings. The minimum atomic E-state index is 0.465. The molecule has 0 atom stereocenters. The van der Waals surface area contributed by atoms with Crippen molar-refractivity contribution in [3.05, 3.63) is 71.0 Å². The summed E-state index contributed by atoms with van der Waals surface area (Å²) in [7, 11) is 0. The van der Waals surface area contributed by atoms with Gasteiger partial charge in [0.15, 0.2) is 0 Å². The summed E-state index contributed by atoms with van der Waals surface area (Å²) in [6.07, 6.45) is 3.43. The molecule has 0 aliphatic carbocycles. The lowest BCUT2D eigenvalue weighted by atomic mass is 10.2. The van der Waals surface area contributed by atoms with E-state index in [2.05, 4.69) is 20.6 Å². The molecule has 4 nitrogen and oxygen atoms in total. The Hall–Kier alpha value is -2.30. The van der Waals surface area contributed by atoms with Crippen molar-refractivity contribution >= 4 is 46.2 Å². The summed E-state index contributed by atoms with van der Waals surface area (Å²) in [4.78, 5) is 8.49. The van der Waals surface area contributed by atoms with Gasteiger partial charge < -0.3 is 10.6 Å². The number of nitrogens with zero attached hydrogens (tertiary/aromatic N) is 2. The molecule has 3 aromatic rings. The summed E-state index contributed by atoms with van der Waals surface area (Å²) in [6, 6.07) is 14.8. The standard InChI is InChI=1S/C16H12Cl2N4/c17-11-9-13(21-15-5-1-3-7-19-15)14(10-12(11)18)22-16-6-2-4-8-20-16/h1-10H,(H,19,21)(H,20,22). The van der Waals surface area contributed by atoms with Crippen molar-refractivity contribution < 1.29 is 0 Å². The summed E-state index contributed by atoms with van der Waals surface area (Å²) in [5, 5.41) is 7.36. The van der Waals surface area contributed by atoms with Crippen molar-refractivity contribution in [1.29, 1.82) is 0 Å². The molecule has 1 aromatic carbocycles. The Bertz CT molecular complexity index is 697. The lowest BCUT2D eigenvalue weighted by molar-refractivity contribution is 1.29. The van der Waals surface area contributed by atoms with E-state index in [4.69, 9.17) is 23.2 Å². The van der Waals surface area contributed by atoms with E-state index in [1.165, 1.54) is 0 Å². The van der Waals surface area contributed by atoms with Gasteiger partial charge in [-0.25, -0.2) is 9.97 Å². The largest absolute Gasteiger partial charge is 0.338 e. The van der Waals surface area contributed by atoms with Gasteiger partial charge in [-0.15, -0.1) is 0 Å². The van der Waals surface area contributed by atoms with Crippen molar-refractivity contribution in [1.82, 2.24) is 9.97 Å². The van der Waals surface area contributed by atoms with Gasteiger partial charge >= 0.3 is 0 Å². The van der Waals surface area contributed by atoms with Crippen LogP contribution in [0.25, 0.3) is 0 Å². The van der Waals surface area contributed by atoms with E-state index in [1.807, 2.05) is 36.4 Å². The van der Waals surface area contributed by atoms with Gasteiger partial charge in [0, 0.05) is 12.4 Å². The molecular weight excluding hydrogens is 319 g/mol. The van der Waals surface area contributed by atoms with E-state index in [9.17, 15) is 0 Å². The molecule has 22 heavy (non-hydrogen) atoms. The zero-order chi connectivity index (χ0) is 15.4. The van der Waals surface area contributed by atoms with Crippen molar-refractivity contribution in [3.8, 4) is 0 Å². The van der Waals surface area contributed by atoms with Crippen LogP contribution in [0.4, 0.5) is 23.0 Å². The first kappa shape index (κ1) is 14.6. The molecule has 0 aliphatic rings. The summed E-state index contributed by atoms with van der Waals surface area (Å²) in [5.74, 6) is 1.43. The highest BCUT2D eigenvalue weighted by atomic mass is 35.5. The Morgan fingerprint density at radius 1 is 0.682 bits per heavy atom. The second kappa shape index (κ2) is 6.64. The number of benzene rings is 1. The highest BCUT2D eigenvalue weighted by molar-refractivity contribution is 6.42. The van der Waals surface area contributed by atoms with E-state index in [-0.39, 0.29) is 0 Å². The minimum absolute atomic E-state index is 0.465. The molecule has 0 saturated heterocycles. The van der Waals surface area contributed by atoms with Crippen molar-refractivity contribution in [2.45, 2.75) is 0 Å². The smallest absolute Gasteiger partial charge is 0.130 e. The van der Waals surface area contributed by atoms with E-state index >= 15 is 0 Å². The summed E-state index contributed by atoms with van der Waals surface area (Å²) in [5.41, 5.74) is 1.53. The maximum Gasteiger partial charge on any atom is 0.130 e. The van der Waals surface area contributed by atoms with Gasteiger partial charge in [-0.05, 0) is 36.4 Å². The number of rotatable bonds is 4. The van der Waals surface area contributed by atoms with Crippen LogP contribution in [0.2, 0.25) is 10.0 Å². The molecule has 2 aromatic heterocycles. The Labute approximate surface area is 138 Å². The number of aromatic nitrogens is 2. The van der Waals surface area contributed by atoms with Crippen LogP contribution in [-0.2, 0) is 0 Å². The molecular formula is C16H12Cl2N4. The number of pyridine rings is 2. The number of hydrogen-bond acceptors (Lipinski definition) is 4. The van der Waals surface area contributed by atoms with Crippen LogP contribution in [0, 0.1) is 0 Å². The fraction of sp³-hybridized carbons (Fsp3) is 0. The van der Waals surface area contributed by atoms with Crippen LogP contribution < -0.4 is 10.6 Å². The Balaban J connectivity index is 1.95. The first-order valence-electron chi connectivity index (χ1n) is 6.57. The number of hydrogen-bond donors (Lipinski definition) is 2. The molecule has 2 N–H and O–H groups in total. The molecule has 0 saturated carbocycles. The van der Waals surface area contributed by atoms with Crippen LogP contribution in [0.3, 0.4) is 0 Å². The minimum Gasteiger partial charge on any atom is -0.338 e. The third kappa shape index (κ3) is 3.47. The van der Waals surface area contributed by atoms with Gasteiger partial charge in [-0.1, -0.05) is 35.3 Å². The summed E-state index contributed by atoms with van der Waals surface area (Å²) in [6.45, 7) is 0. The molecule has 0 bridgehead atoms. The molecule has 110 valence electrons. The van der Waals surface area contributed by atoms with E-state index in [0.29, 0.717) is 21.7 Å². The van der Waals surface area contributed by atoms with E-state index in [0.717, 1.165) is 11.4 Å². The Kier molecular flexibility index (Phi) is 4.42. The first-order valence-corrected chi connectivity index (χ1v) is 7.33. The average molecular weight is 331 g/mol. The monoisotopic (exact) mass is 330 g/mol. The number of anilines is 4. The second-order valence-electron chi connectivity index (χ2n) is 4.49. The highest BCUT2D eigenvalue weighted by Crippen LogP contribution is 2.35. The Morgan fingerprint density at radius 2 is 1.14 bits per heavy atom. The van der Waals surface area contributed by atoms with E-state index < -0.39 is 0 Å². The van der Waals surface area contributed by atoms with Crippen LogP contribution in [0.15, 0.2) is 60.9 Å². The molecule has 0 aliphatic heterocycles. The Morgan fingerprint density at radius 3 is 1.50 bits per heavy atom. The first-order chi connectivity index (χ1) is 10.7. The number of halogens is 2. The molecule has 0 unspecified atom stereocenters. The molecule has 0 radical (unpaired) electrons. The van der Waals surface area contributed by atoms with Gasteiger partial charge in [0.05, 0.1) is 21.4 Å².